The molecule has 2 amide bonds. The summed E-state index contributed by atoms with van der Waals surface area (Å²) in [5.41, 5.74) is 0.728. The predicted octanol–water partition coefficient (Wildman–Crippen LogP) is 2.28. The average molecular weight is 380 g/mol. The number of hydrogen-bond acceptors (Lipinski definition) is 5. The molecule has 1 aromatic rings. The van der Waals surface area contributed by atoms with Gasteiger partial charge in [-0.25, -0.2) is 4.39 Å². The minimum atomic E-state index is -0.327. The van der Waals surface area contributed by atoms with Crippen LogP contribution < -0.4 is 0 Å². The quantitative estimate of drug-likeness (QED) is 0.593. The first-order valence-electron chi connectivity index (χ1n) is 7.91. The van der Waals surface area contributed by atoms with Crippen molar-refractivity contribution >= 4 is 46.2 Å². The molecule has 2 aliphatic rings. The molecule has 0 spiro atoms. The van der Waals surface area contributed by atoms with Crippen molar-refractivity contribution in [2.45, 2.75) is 6.42 Å². The van der Waals surface area contributed by atoms with Gasteiger partial charge in [-0.2, -0.15) is 0 Å². The number of hydrogen-bond donors (Lipinski definition) is 0. The van der Waals surface area contributed by atoms with E-state index in [2.05, 4.69) is 0 Å². The molecule has 5 nitrogen and oxygen atoms in total. The number of carbonyl (C=O) groups excluding carboxylic acids is 2. The minimum Gasteiger partial charge on any atom is -0.378 e. The number of halogens is 1. The van der Waals surface area contributed by atoms with Crippen LogP contribution in [-0.4, -0.2) is 58.8 Å². The summed E-state index contributed by atoms with van der Waals surface area (Å²) in [6.07, 6.45) is 1.92. The number of thiocarbonyl (C=S) groups is 1. The van der Waals surface area contributed by atoms with E-state index >= 15 is 0 Å². The monoisotopic (exact) mass is 380 g/mol. The van der Waals surface area contributed by atoms with Gasteiger partial charge < -0.3 is 9.64 Å². The molecule has 3 rings (SSSR count). The Morgan fingerprint density at radius 1 is 1.28 bits per heavy atom. The summed E-state index contributed by atoms with van der Waals surface area (Å²) in [6.45, 7) is 2.53. The third-order valence-corrected chi connectivity index (χ3v) is 5.33. The fourth-order valence-corrected chi connectivity index (χ4v) is 3.89. The lowest BCUT2D eigenvalue weighted by Gasteiger charge is -2.27. The van der Waals surface area contributed by atoms with Gasteiger partial charge in [0.2, 0.25) is 5.91 Å². The van der Waals surface area contributed by atoms with Crippen LogP contribution >= 0.6 is 24.0 Å². The second-order valence-electron chi connectivity index (χ2n) is 5.63. The summed E-state index contributed by atoms with van der Waals surface area (Å²) in [6, 6.07) is 5.88. The molecule has 0 aliphatic carbocycles. The van der Waals surface area contributed by atoms with Crippen LogP contribution in [0.2, 0.25) is 0 Å². The van der Waals surface area contributed by atoms with Crippen LogP contribution in [0.5, 0.6) is 0 Å². The van der Waals surface area contributed by atoms with Crippen LogP contribution in [-0.2, 0) is 14.3 Å². The van der Waals surface area contributed by atoms with Gasteiger partial charge in [-0.3, -0.25) is 14.5 Å². The largest absolute Gasteiger partial charge is 0.378 e. The molecule has 0 radical (unpaired) electrons. The lowest BCUT2D eigenvalue weighted by atomic mass is 10.2. The number of amides is 2. The van der Waals surface area contributed by atoms with Gasteiger partial charge in [-0.05, 0) is 23.8 Å². The molecule has 25 heavy (non-hydrogen) atoms. The van der Waals surface area contributed by atoms with Gasteiger partial charge in [0, 0.05) is 26.1 Å². The van der Waals surface area contributed by atoms with Gasteiger partial charge >= 0.3 is 0 Å². The molecule has 0 atom stereocenters. The zero-order valence-electron chi connectivity index (χ0n) is 13.4. The summed E-state index contributed by atoms with van der Waals surface area (Å²) in [4.78, 5) is 28.4. The van der Waals surface area contributed by atoms with E-state index in [9.17, 15) is 14.0 Å². The molecule has 2 fully saturated rings. The van der Waals surface area contributed by atoms with Crippen molar-refractivity contribution in [3.63, 3.8) is 0 Å². The van der Waals surface area contributed by atoms with E-state index in [0.717, 1.165) is 5.56 Å². The zero-order valence-corrected chi connectivity index (χ0v) is 15.1. The van der Waals surface area contributed by atoms with E-state index in [0.29, 0.717) is 35.5 Å². The van der Waals surface area contributed by atoms with Crippen LogP contribution in [0.15, 0.2) is 29.2 Å². The third-order valence-electron chi connectivity index (χ3n) is 3.95. The molecular formula is C17H17FN2O3S2. The number of carbonyl (C=O) groups is 2. The lowest BCUT2D eigenvalue weighted by molar-refractivity contribution is -0.135. The topological polar surface area (TPSA) is 49.9 Å². The number of morpholine rings is 1. The Morgan fingerprint density at radius 2 is 1.96 bits per heavy atom. The van der Waals surface area contributed by atoms with Crippen molar-refractivity contribution in [2.24, 2.45) is 0 Å². The SMILES string of the molecule is O=C(CCN1C(=O)/C(=C/c2ccc(F)cc2)SC1=S)N1CCOCC1. The second-order valence-corrected chi connectivity index (χ2v) is 7.30. The molecule has 2 heterocycles. The number of rotatable bonds is 4. The Morgan fingerprint density at radius 3 is 2.64 bits per heavy atom. The first-order chi connectivity index (χ1) is 12.0. The van der Waals surface area contributed by atoms with Crippen molar-refractivity contribution < 1.29 is 18.7 Å². The van der Waals surface area contributed by atoms with Crippen LogP contribution in [0.3, 0.4) is 0 Å². The highest BCUT2D eigenvalue weighted by Gasteiger charge is 2.32. The molecule has 0 aromatic heterocycles. The Balaban J connectivity index is 1.61. The van der Waals surface area contributed by atoms with Crippen LogP contribution in [0.4, 0.5) is 4.39 Å². The van der Waals surface area contributed by atoms with Crippen molar-refractivity contribution in [2.75, 3.05) is 32.8 Å². The Bertz CT molecular complexity index is 715. The normalized spacial score (nSPS) is 19.8. The molecular weight excluding hydrogens is 363 g/mol. The molecule has 1 aromatic carbocycles. The van der Waals surface area contributed by atoms with Crippen molar-refractivity contribution in [1.82, 2.24) is 9.80 Å². The molecule has 2 saturated heterocycles. The summed E-state index contributed by atoms with van der Waals surface area (Å²) >= 11 is 6.46. The zero-order chi connectivity index (χ0) is 17.8. The van der Waals surface area contributed by atoms with Crippen LogP contribution in [0.1, 0.15) is 12.0 Å². The highest BCUT2D eigenvalue weighted by Crippen LogP contribution is 2.32. The molecule has 8 heteroatoms. The van der Waals surface area contributed by atoms with Gasteiger partial charge in [-0.15, -0.1) is 0 Å². The lowest BCUT2D eigenvalue weighted by Crippen LogP contribution is -2.42. The molecule has 0 bridgehead atoms. The maximum Gasteiger partial charge on any atom is 0.266 e. The summed E-state index contributed by atoms with van der Waals surface area (Å²) in [5.74, 6) is -0.541. The van der Waals surface area contributed by atoms with E-state index in [-0.39, 0.29) is 30.6 Å². The van der Waals surface area contributed by atoms with Crippen molar-refractivity contribution in [3.05, 3.63) is 40.6 Å². The van der Waals surface area contributed by atoms with Gasteiger partial charge in [-0.1, -0.05) is 36.1 Å². The van der Waals surface area contributed by atoms with Gasteiger partial charge in [0.05, 0.1) is 18.1 Å². The first kappa shape index (κ1) is 18.0. The molecule has 2 aliphatic heterocycles. The molecule has 0 saturated carbocycles. The second kappa shape index (κ2) is 8.07. The number of thioether (sulfide) groups is 1. The summed E-state index contributed by atoms with van der Waals surface area (Å²) < 4.78 is 18.6. The van der Waals surface area contributed by atoms with Crippen LogP contribution in [0, 0.1) is 5.82 Å². The maximum atomic E-state index is 13.0. The molecule has 0 unspecified atom stereocenters. The van der Waals surface area contributed by atoms with E-state index in [4.69, 9.17) is 17.0 Å². The minimum absolute atomic E-state index is 0.000126. The number of nitrogens with zero attached hydrogens (tertiary/aromatic N) is 2. The molecule has 132 valence electrons. The fourth-order valence-electron chi connectivity index (χ4n) is 2.58. The number of benzene rings is 1. The van der Waals surface area contributed by atoms with E-state index in [1.807, 2.05) is 0 Å². The van der Waals surface area contributed by atoms with E-state index in [1.165, 1.54) is 28.8 Å². The highest BCUT2D eigenvalue weighted by atomic mass is 32.2. The number of ether oxygens (including phenoxy) is 1. The fraction of sp³-hybridized carbons (Fsp3) is 0.353. The summed E-state index contributed by atoms with van der Waals surface area (Å²) in [7, 11) is 0. The van der Waals surface area contributed by atoms with Crippen molar-refractivity contribution in [3.8, 4) is 0 Å². The van der Waals surface area contributed by atoms with E-state index in [1.54, 1.807) is 23.1 Å². The first-order valence-corrected chi connectivity index (χ1v) is 9.13. The maximum absolute atomic E-state index is 13.0. The smallest absolute Gasteiger partial charge is 0.266 e. The highest BCUT2D eigenvalue weighted by molar-refractivity contribution is 8.26. The standard InChI is InChI=1S/C17H17FN2O3S2/c18-13-3-1-12(2-4-13)11-14-16(22)20(17(24)25-14)6-5-15(21)19-7-9-23-10-8-19/h1-4,11H,5-10H2/b14-11-. The Hall–Kier alpha value is -1.77. The van der Waals surface area contributed by atoms with Gasteiger partial charge in [0.25, 0.3) is 5.91 Å². The van der Waals surface area contributed by atoms with Gasteiger partial charge in [0.1, 0.15) is 10.1 Å². The van der Waals surface area contributed by atoms with Crippen LogP contribution in [0.25, 0.3) is 6.08 Å². The van der Waals surface area contributed by atoms with E-state index < -0.39 is 0 Å². The van der Waals surface area contributed by atoms with Gasteiger partial charge in [0.15, 0.2) is 0 Å². The average Bonchev–Trinajstić information content (AvgIpc) is 2.89. The third kappa shape index (κ3) is 4.45. The molecule has 0 N–H and O–H groups in total. The summed E-state index contributed by atoms with van der Waals surface area (Å²) in [5, 5.41) is 0. The predicted molar refractivity (Wildman–Crippen MR) is 98.3 cm³/mol. The van der Waals surface area contributed by atoms with Crippen molar-refractivity contribution in [1.29, 1.82) is 0 Å². The Labute approximate surface area is 154 Å². The Kier molecular flexibility index (Phi) is 5.82.